The molecular weight excluding hydrogens is 322 g/mol. The number of aryl methyl sites for hydroxylation is 2. The minimum absolute atomic E-state index is 0.125. The van der Waals surface area contributed by atoms with Gasteiger partial charge in [-0.05, 0) is 36.2 Å². The summed E-state index contributed by atoms with van der Waals surface area (Å²) in [4.78, 5) is 12.6. The molecule has 2 rings (SSSR count). The van der Waals surface area contributed by atoms with E-state index < -0.39 is 5.41 Å². The zero-order valence-electron chi connectivity index (χ0n) is 12.3. The van der Waals surface area contributed by atoms with Crippen LogP contribution in [0.25, 0.3) is 0 Å². The lowest BCUT2D eigenvalue weighted by Gasteiger charge is -2.25. The molecule has 1 aliphatic heterocycles. The molecule has 0 radical (unpaired) electrons. The Morgan fingerprint density at radius 2 is 2.30 bits per heavy atom. The van der Waals surface area contributed by atoms with Crippen molar-refractivity contribution in [2.75, 3.05) is 13.2 Å². The van der Waals surface area contributed by atoms with E-state index in [1.165, 1.54) is 0 Å². The Morgan fingerprint density at radius 3 is 2.80 bits per heavy atom. The number of Topliss-reactive ketones (excluding diaryl/α,β-unsaturated/α-hetero) is 1. The minimum Gasteiger partial charge on any atom is -0.379 e. The number of carbonyl (C=O) groups excluding carboxylic acids is 1. The molecule has 1 aromatic heterocycles. The van der Waals surface area contributed by atoms with Gasteiger partial charge in [-0.2, -0.15) is 5.10 Å². The average Bonchev–Trinajstić information content (AvgIpc) is 2.93. The van der Waals surface area contributed by atoms with Gasteiger partial charge in [0.25, 0.3) is 0 Å². The Bertz CT molecular complexity index is 515. The molecule has 2 N–H and O–H groups in total. The second kappa shape index (κ2) is 5.95. The van der Waals surface area contributed by atoms with Crippen molar-refractivity contribution in [1.29, 1.82) is 0 Å². The van der Waals surface area contributed by atoms with Crippen LogP contribution in [0, 0.1) is 5.41 Å². The fourth-order valence-corrected chi connectivity index (χ4v) is 3.22. The van der Waals surface area contributed by atoms with E-state index in [1.54, 1.807) is 0 Å². The fraction of sp³-hybridized carbons (Fsp3) is 0.714. The van der Waals surface area contributed by atoms with Crippen LogP contribution in [0.15, 0.2) is 4.47 Å². The number of halogens is 1. The molecule has 1 fully saturated rings. The summed E-state index contributed by atoms with van der Waals surface area (Å²) < 4.78 is 8.21. The van der Waals surface area contributed by atoms with Gasteiger partial charge in [0.1, 0.15) is 5.78 Å². The quantitative estimate of drug-likeness (QED) is 0.883. The second-order valence-electron chi connectivity index (χ2n) is 5.52. The van der Waals surface area contributed by atoms with Crippen molar-refractivity contribution in [3.63, 3.8) is 0 Å². The molecule has 0 bridgehead atoms. The van der Waals surface area contributed by atoms with E-state index in [9.17, 15) is 4.79 Å². The van der Waals surface area contributed by atoms with Crippen LogP contribution in [0.5, 0.6) is 0 Å². The van der Waals surface area contributed by atoms with Gasteiger partial charge in [-0.15, -0.1) is 0 Å². The van der Waals surface area contributed by atoms with Crippen molar-refractivity contribution in [3.8, 4) is 0 Å². The molecule has 0 aliphatic carbocycles. The monoisotopic (exact) mass is 343 g/mol. The summed E-state index contributed by atoms with van der Waals surface area (Å²) in [6.45, 7) is 7.59. The zero-order valence-corrected chi connectivity index (χ0v) is 13.9. The SMILES string of the molecule is CCc1nn(CC)c(CC(=O)C2(C)COCC2N)c1Br. The lowest BCUT2D eigenvalue weighted by atomic mass is 9.79. The first-order valence-electron chi connectivity index (χ1n) is 7.04. The molecule has 1 saturated heterocycles. The molecule has 0 amide bonds. The fourth-order valence-electron chi connectivity index (χ4n) is 2.52. The summed E-state index contributed by atoms with van der Waals surface area (Å²) in [6.07, 6.45) is 1.18. The van der Waals surface area contributed by atoms with Crippen molar-refractivity contribution in [3.05, 3.63) is 15.9 Å². The first kappa shape index (κ1) is 15.7. The molecule has 1 aromatic rings. The number of aromatic nitrogens is 2. The molecule has 2 unspecified atom stereocenters. The predicted molar refractivity (Wildman–Crippen MR) is 80.6 cm³/mol. The number of carbonyl (C=O) groups is 1. The largest absolute Gasteiger partial charge is 0.379 e. The van der Waals surface area contributed by atoms with Crippen molar-refractivity contribution in [2.45, 2.75) is 46.2 Å². The van der Waals surface area contributed by atoms with E-state index in [2.05, 4.69) is 28.0 Å². The third-order valence-corrected chi connectivity index (χ3v) is 5.09. The van der Waals surface area contributed by atoms with Gasteiger partial charge in [-0.1, -0.05) is 6.92 Å². The van der Waals surface area contributed by atoms with Crippen molar-refractivity contribution < 1.29 is 9.53 Å². The Morgan fingerprint density at radius 1 is 1.60 bits per heavy atom. The van der Waals surface area contributed by atoms with Crippen molar-refractivity contribution in [1.82, 2.24) is 9.78 Å². The van der Waals surface area contributed by atoms with E-state index in [1.807, 2.05) is 18.5 Å². The summed E-state index contributed by atoms with van der Waals surface area (Å²) in [5.41, 5.74) is 7.37. The second-order valence-corrected chi connectivity index (χ2v) is 6.31. The molecule has 2 atom stereocenters. The van der Waals surface area contributed by atoms with Crippen LogP contribution in [-0.4, -0.2) is 34.8 Å². The van der Waals surface area contributed by atoms with Gasteiger partial charge < -0.3 is 10.5 Å². The molecule has 2 heterocycles. The summed E-state index contributed by atoms with van der Waals surface area (Å²) in [5.74, 6) is 0.125. The van der Waals surface area contributed by atoms with Gasteiger partial charge >= 0.3 is 0 Å². The van der Waals surface area contributed by atoms with E-state index in [4.69, 9.17) is 10.5 Å². The average molecular weight is 344 g/mol. The maximum atomic E-state index is 12.6. The molecule has 0 saturated carbocycles. The number of ketones is 1. The third-order valence-electron chi connectivity index (χ3n) is 4.18. The van der Waals surface area contributed by atoms with Crippen LogP contribution in [0.4, 0.5) is 0 Å². The molecule has 1 aliphatic rings. The first-order chi connectivity index (χ1) is 9.43. The molecule has 6 heteroatoms. The zero-order chi connectivity index (χ0) is 14.9. The summed E-state index contributed by atoms with van der Waals surface area (Å²) >= 11 is 3.57. The highest BCUT2D eigenvalue weighted by atomic mass is 79.9. The normalized spacial score (nSPS) is 26.1. The van der Waals surface area contributed by atoms with Crippen LogP contribution in [0.3, 0.4) is 0 Å². The van der Waals surface area contributed by atoms with Gasteiger partial charge in [-0.3, -0.25) is 9.48 Å². The Balaban J connectivity index is 2.26. The van der Waals surface area contributed by atoms with Gasteiger partial charge in [0.05, 0.1) is 40.9 Å². The van der Waals surface area contributed by atoms with Crippen molar-refractivity contribution >= 4 is 21.7 Å². The number of rotatable bonds is 5. The van der Waals surface area contributed by atoms with Gasteiger partial charge in [-0.25, -0.2) is 0 Å². The molecule has 112 valence electrons. The lowest BCUT2D eigenvalue weighted by Crippen LogP contribution is -2.45. The van der Waals surface area contributed by atoms with E-state index >= 15 is 0 Å². The smallest absolute Gasteiger partial charge is 0.148 e. The van der Waals surface area contributed by atoms with Crippen LogP contribution in [0.1, 0.15) is 32.2 Å². The number of ether oxygens (including phenoxy) is 1. The molecule has 0 aromatic carbocycles. The predicted octanol–water partition coefficient (Wildman–Crippen LogP) is 1.70. The standard InChI is InChI=1S/C14H22BrN3O2/c1-4-9-13(15)10(18(5-2)17-9)6-12(19)14(3)8-20-7-11(14)16/h11H,4-8,16H2,1-3H3. The van der Waals surface area contributed by atoms with Crippen LogP contribution >= 0.6 is 15.9 Å². The Hall–Kier alpha value is -0.720. The topological polar surface area (TPSA) is 70.1 Å². The number of hydrogen-bond donors (Lipinski definition) is 1. The summed E-state index contributed by atoms with van der Waals surface area (Å²) in [6, 6.07) is -0.225. The van der Waals surface area contributed by atoms with Gasteiger partial charge in [0.2, 0.25) is 0 Å². The van der Waals surface area contributed by atoms with E-state index in [0.717, 1.165) is 28.8 Å². The summed E-state index contributed by atoms with van der Waals surface area (Å²) in [5, 5.41) is 4.52. The highest BCUT2D eigenvalue weighted by molar-refractivity contribution is 9.10. The van der Waals surface area contributed by atoms with Crippen molar-refractivity contribution in [2.24, 2.45) is 11.1 Å². The summed E-state index contributed by atoms with van der Waals surface area (Å²) in [7, 11) is 0. The number of nitrogens with two attached hydrogens (primary N) is 1. The van der Waals surface area contributed by atoms with E-state index in [-0.39, 0.29) is 11.8 Å². The maximum absolute atomic E-state index is 12.6. The highest BCUT2D eigenvalue weighted by Gasteiger charge is 2.44. The Kier molecular flexibility index (Phi) is 4.66. The maximum Gasteiger partial charge on any atom is 0.148 e. The minimum atomic E-state index is -0.589. The first-order valence-corrected chi connectivity index (χ1v) is 7.84. The number of hydrogen-bond acceptors (Lipinski definition) is 4. The molecule has 5 nitrogen and oxygen atoms in total. The lowest BCUT2D eigenvalue weighted by molar-refractivity contribution is -0.127. The van der Waals surface area contributed by atoms with Crippen LogP contribution in [0.2, 0.25) is 0 Å². The molecule has 0 spiro atoms. The Labute approximate surface area is 128 Å². The molecular formula is C14H22BrN3O2. The van der Waals surface area contributed by atoms with Gasteiger partial charge in [0, 0.05) is 12.6 Å². The number of nitrogens with zero attached hydrogens (tertiary/aromatic N) is 2. The molecule has 20 heavy (non-hydrogen) atoms. The van der Waals surface area contributed by atoms with Crippen LogP contribution in [-0.2, 0) is 28.9 Å². The van der Waals surface area contributed by atoms with E-state index in [0.29, 0.717) is 19.6 Å². The van der Waals surface area contributed by atoms with Gasteiger partial charge in [0.15, 0.2) is 0 Å². The highest BCUT2D eigenvalue weighted by Crippen LogP contribution is 2.31. The van der Waals surface area contributed by atoms with Crippen LogP contribution < -0.4 is 5.73 Å². The third kappa shape index (κ3) is 2.56.